The van der Waals surface area contributed by atoms with Crippen LogP contribution in [-0.2, 0) is 10.0 Å². The Kier molecular flexibility index (Phi) is 7.24. The van der Waals surface area contributed by atoms with Gasteiger partial charge in [-0.15, -0.1) is 10.2 Å². The molecule has 0 unspecified atom stereocenters. The Morgan fingerprint density at radius 1 is 0.974 bits per heavy atom. The van der Waals surface area contributed by atoms with E-state index in [-0.39, 0.29) is 41.8 Å². The van der Waals surface area contributed by atoms with Crippen molar-refractivity contribution < 1.29 is 22.3 Å². The molecule has 0 bridgehead atoms. The number of hydrogen-bond acceptors (Lipinski definition) is 11. The zero-order valence-electron chi connectivity index (χ0n) is 21.4. The summed E-state index contributed by atoms with van der Waals surface area (Å²) < 4.78 is 55.9. The molecule has 0 spiro atoms. The normalized spacial score (nSPS) is 17.6. The van der Waals surface area contributed by atoms with Crippen molar-refractivity contribution in [1.82, 2.24) is 34.7 Å². The SMILES string of the molecule is COc1ncnc(OC)c1-n1c(NS(=O)(=O)[C@@H]2C[C@H](C)CN(c3ncc(F)cn3)C2)nnc1-c1ccccc1. The van der Waals surface area contributed by atoms with Crippen LogP contribution < -0.4 is 19.1 Å². The van der Waals surface area contributed by atoms with Gasteiger partial charge in [-0.3, -0.25) is 9.29 Å². The van der Waals surface area contributed by atoms with Gasteiger partial charge in [0.2, 0.25) is 33.7 Å². The zero-order chi connectivity index (χ0) is 27.6. The fourth-order valence-electron chi connectivity index (χ4n) is 4.54. The van der Waals surface area contributed by atoms with Gasteiger partial charge in [-0.1, -0.05) is 37.3 Å². The highest BCUT2D eigenvalue weighted by Gasteiger charge is 2.37. The summed E-state index contributed by atoms with van der Waals surface area (Å²) in [6.07, 6.45) is 3.76. The van der Waals surface area contributed by atoms with E-state index in [1.807, 2.05) is 37.3 Å². The molecule has 204 valence electrons. The van der Waals surface area contributed by atoms with Gasteiger partial charge in [-0.05, 0) is 12.3 Å². The lowest BCUT2D eigenvalue weighted by Crippen LogP contribution is -2.48. The van der Waals surface area contributed by atoms with Gasteiger partial charge >= 0.3 is 0 Å². The lowest BCUT2D eigenvalue weighted by atomic mass is 10.0. The Hall–Kier alpha value is -4.40. The molecule has 1 aliphatic heterocycles. The molecular weight excluding hydrogens is 529 g/mol. The fourth-order valence-corrected chi connectivity index (χ4v) is 6.05. The lowest BCUT2D eigenvalue weighted by molar-refractivity contribution is 0.368. The fraction of sp³-hybridized carbons (Fsp3) is 0.333. The Labute approximate surface area is 224 Å². The summed E-state index contributed by atoms with van der Waals surface area (Å²) in [4.78, 5) is 18.1. The molecule has 39 heavy (non-hydrogen) atoms. The van der Waals surface area contributed by atoms with Crippen molar-refractivity contribution in [3.8, 4) is 28.8 Å². The highest BCUT2D eigenvalue weighted by Crippen LogP contribution is 2.35. The molecular formula is C24H26FN9O4S. The molecule has 2 atom stereocenters. The first-order chi connectivity index (χ1) is 18.8. The van der Waals surface area contributed by atoms with Crippen molar-refractivity contribution in [3.05, 3.63) is 54.9 Å². The Morgan fingerprint density at radius 3 is 2.28 bits per heavy atom. The number of sulfonamides is 1. The summed E-state index contributed by atoms with van der Waals surface area (Å²) in [5.74, 6) is 0.165. The second kappa shape index (κ2) is 10.8. The first kappa shape index (κ1) is 26.2. The average molecular weight is 556 g/mol. The number of piperidine rings is 1. The predicted octanol–water partition coefficient (Wildman–Crippen LogP) is 2.33. The summed E-state index contributed by atoms with van der Waals surface area (Å²) in [5, 5.41) is 7.61. The number of halogens is 1. The number of rotatable bonds is 8. The standard InChI is InChI=1S/C24H26FN9O4S/c1-15-9-18(13-33(12-15)23-26-10-17(25)11-27-23)39(35,36)32-24-31-30-20(16-7-5-4-6-8-16)34(24)19-21(37-2)28-14-29-22(19)38-3/h4-8,10-11,14-15,18H,9,12-13H2,1-3H3,(H,31,32)/t15-,18+/m0/s1. The van der Waals surface area contributed by atoms with E-state index in [0.29, 0.717) is 24.4 Å². The van der Waals surface area contributed by atoms with Crippen LogP contribution in [0.4, 0.5) is 16.3 Å². The minimum atomic E-state index is -4.02. The van der Waals surface area contributed by atoms with Gasteiger partial charge in [0.15, 0.2) is 17.3 Å². The first-order valence-electron chi connectivity index (χ1n) is 12.0. The van der Waals surface area contributed by atoms with Crippen LogP contribution in [0.15, 0.2) is 49.1 Å². The Balaban J connectivity index is 1.55. The van der Waals surface area contributed by atoms with E-state index in [9.17, 15) is 12.8 Å². The number of nitrogens with one attached hydrogen (secondary N) is 1. The van der Waals surface area contributed by atoms with E-state index < -0.39 is 21.1 Å². The molecule has 0 radical (unpaired) electrons. The van der Waals surface area contributed by atoms with Crippen molar-refractivity contribution in [3.63, 3.8) is 0 Å². The summed E-state index contributed by atoms with van der Waals surface area (Å²) in [6, 6.07) is 9.12. The van der Waals surface area contributed by atoms with Gasteiger partial charge in [-0.25, -0.2) is 22.8 Å². The maximum atomic E-state index is 13.8. The van der Waals surface area contributed by atoms with Crippen LogP contribution in [0.25, 0.3) is 17.1 Å². The minimum Gasteiger partial charge on any atom is -0.479 e. The molecule has 0 amide bonds. The molecule has 4 aromatic rings. The molecule has 5 rings (SSSR count). The van der Waals surface area contributed by atoms with Crippen LogP contribution in [0.5, 0.6) is 11.8 Å². The number of ether oxygens (including phenoxy) is 2. The number of hydrogen-bond donors (Lipinski definition) is 1. The quantitative estimate of drug-likeness (QED) is 0.341. The molecule has 1 aromatic carbocycles. The van der Waals surface area contributed by atoms with Crippen molar-refractivity contribution >= 4 is 21.9 Å². The number of anilines is 2. The molecule has 1 fully saturated rings. The van der Waals surface area contributed by atoms with Crippen LogP contribution in [0.3, 0.4) is 0 Å². The van der Waals surface area contributed by atoms with Crippen molar-refractivity contribution in [2.24, 2.45) is 5.92 Å². The second-order valence-electron chi connectivity index (χ2n) is 9.01. The van der Waals surface area contributed by atoms with E-state index >= 15 is 0 Å². The van der Waals surface area contributed by atoms with Crippen molar-refractivity contribution in [2.75, 3.05) is 36.9 Å². The lowest BCUT2D eigenvalue weighted by Gasteiger charge is -2.35. The Morgan fingerprint density at radius 2 is 1.64 bits per heavy atom. The van der Waals surface area contributed by atoms with Crippen molar-refractivity contribution in [1.29, 1.82) is 0 Å². The van der Waals surface area contributed by atoms with Crippen LogP contribution in [0.2, 0.25) is 0 Å². The average Bonchev–Trinajstić information content (AvgIpc) is 3.35. The maximum absolute atomic E-state index is 13.8. The predicted molar refractivity (Wildman–Crippen MR) is 140 cm³/mol. The topological polar surface area (TPSA) is 150 Å². The van der Waals surface area contributed by atoms with E-state index in [0.717, 1.165) is 12.4 Å². The molecule has 4 heterocycles. The molecule has 13 nitrogen and oxygen atoms in total. The summed E-state index contributed by atoms with van der Waals surface area (Å²) in [6.45, 7) is 2.57. The van der Waals surface area contributed by atoms with Gasteiger partial charge < -0.3 is 14.4 Å². The number of methoxy groups -OCH3 is 2. The maximum Gasteiger partial charge on any atom is 0.245 e. The highest BCUT2D eigenvalue weighted by molar-refractivity contribution is 7.93. The molecule has 1 N–H and O–H groups in total. The molecule has 1 saturated heterocycles. The smallest absolute Gasteiger partial charge is 0.245 e. The molecule has 0 aliphatic carbocycles. The Bertz CT molecular complexity index is 1530. The van der Waals surface area contributed by atoms with Gasteiger partial charge in [-0.2, -0.15) is 9.97 Å². The minimum absolute atomic E-state index is 0.00515. The van der Waals surface area contributed by atoms with E-state index in [1.54, 1.807) is 4.90 Å². The molecule has 3 aromatic heterocycles. The number of nitrogens with zero attached hydrogens (tertiary/aromatic N) is 8. The summed E-state index contributed by atoms with van der Waals surface area (Å²) in [5.41, 5.74) is 0.886. The van der Waals surface area contributed by atoms with Gasteiger partial charge in [0, 0.05) is 18.7 Å². The molecule has 15 heteroatoms. The van der Waals surface area contributed by atoms with Crippen molar-refractivity contribution in [2.45, 2.75) is 18.6 Å². The summed E-state index contributed by atoms with van der Waals surface area (Å²) >= 11 is 0. The van der Waals surface area contributed by atoms with E-state index in [1.165, 1.54) is 25.1 Å². The molecule has 1 aliphatic rings. The van der Waals surface area contributed by atoms with Crippen LogP contribution in [0, 0.1) is 11.7 Å². The third kappa shape index (κ3) is 5.30. The van der Waals surface area contributed by atoms with Gasteiger partial charge in [0.1, 0.15) is 6.33 Å². The van der Waals surface area contributed by atoms with Gasteiger partial charge in [0.05, 0.1) is 31.9 Å². The summed E-state index contributed by atoms with van der Waals surface area (Å²) in [7, 11) is -1.17. The third-order valence-electron chi connectivity index (χ3n) is 6.24. The zero-order valence-corrected chi connectivity index (χ0v) is 22.2. The van der Waals surface area contributed by atoms with Gasteiger partial charge in [0.25, 0.3) is 0 Å². The number of benzene rings is 1. The third-order valence-corrected chi connectivity index (χ3v) is 7.93. The number of aromatic nitrogens is 7. The van der Waals surface area contributed by atoms with Crippen LogP contribution >= 0.6 is 0 Å². The largest absolute Gasteiger partial charge is 0.479 e. The molecule has 0 saturated carbocycles. The first-order valence-corrected chi connectivity index (χ1v) is 13.5. The van der Waals surface area contributed by atoms with E-state index in [4.69, 9.17) is 9.47 Å². The van der Waals surface area contributed by atoms with Crippen LogP contribution in [0.1, 0.15) is 13.3 Å². The highest BCUT2D eigenvalue weighted by atomic mass is 32.2. The monoisotopic (exact) mass is 555 g/mol. The van der Waals surface area contributed by atoms with E-state index in [2.05, 4.69) is 34.9 Å². The van der Waals surface area contributed by atoms with Crippen LogP contribution in [-0.4, -0.2) is 75.7 Å². The second-order valence-corrected chi connectivity index (χ2v) is 11.0.